The molecule has 5 nitrogen and oxygen atoms in total. The highest BCUT2D eigenvalue weighted by Gasteiger charge is 2.55. The van der Waals surface area contributed by atoms with Crippen LogP contribution >= 0.6 is 0 Å². The van der Waals surface area contributed by atoms with Gasteiger partial charge in [-0.1, -0.05) is 87.5 Å². The summed E-state index contributed by atoms with van der Waals surface area (Å²) in [5, 5.41) is 22.8. The Morgan fingerprint density at radius 3 is 1.94 bits per heavy atom. The standard InChI is InChI=1S/C26H36O5Si/c1-7-22-24(30-26(5,6)29-22)23(21(28)18-27)31-32(25(2,3)4,19-14-10-8-11-15-19)20-16-12-9-13-17-20/h7-17,21-24,27-28H,1,18H2,2-6H3/t21?,22-,23-,24-/m1/s1. The summed E-state index contributed by atoms with van der Waals surface area (Å²) in [6.07, 6.45) is -1.40. The van der Waals surface area contributed by atoms with Crippen LogP contribution in [0.5, 0.6) is 0 Å². The molecule has 1 fully saturated rings. The molecule has 3 rings (SSSR count). The number of hydrogen-bond acceptors (Lipinski definition) is 5. The Morgan fingerprint density at radius 2 is 1.53 bits per heavy atom. The van der Waals surface area contributed by atoms with Crippen LogP contribution in [0.4, 0.5) is 0 Å². The third-order valence-electron chi connectivity index (χ3n) is 6.02. The van der Waals surface area contributed by atoms with Gasteiger partial charge in [-0.3, -0.25) is 0 Å². The lowest BCUT2D eigenvalue weighted by molar-refractivity contribution is -0.161. The summed E-state index contributed by atoms with van der Waals surface area (Å²) in [4.78, 5) is 0. The first-order valence-corrected chi connectivity index (χ1v) is 13.0. The van der Waals surface area contributed by atoms with Gasteiger partial charge < -0.3 is 24.1 Å². The number of aliphatic hydroxyl groups is 2. The first-order valence-electron chi connectivity index (χ1n) is 11.1. The van der Waals surface area contributed by atoms with E-state index in [0.29, 0.717) is 0 Å². The van der Waals surface area contributed by atoms with E-state index >= 15 is 0 Å². The molecule has 0 aromatic heterocycles. The minimum atomic E-state index is -2.99. The van der Waals surface area contributed by atoms with Crippen molar-refractivity contribution in [3.63, 3.8) is 0 Å². The summed E-state index contributed by atoms with van der Waals surface area (Å²) in [5.41, 5.74) is 0. The Bertz CT molecular complexity index is 839. The van der Waals surface area contributed by atoms with Crippen LogP contribution < -0.4 is 10.4 Å². The van der Waals surface area contributed by atoms with Crippen LogP contribution in [0, 0.1) is 0 Å². The molecule has 0 spiro atoms. The Hall–Kier alpha value is -1.80. The zero-order valence-corrected chi connectivity index (χ0v) is 20.7. The molecular weight excluding hydrogens is 420 g/mol. The second kappa shape index (κ2) is 9.59. The van der Waals surface area contributed by atoms with Crippen molar-refractivity contribution in [1.29, 1.82) is 0 Å². The molecule has 0 amide bonds. The number of rotatable bonds is 8. The van der Waals surface area contributed by atoms with Crippen LogP contribution in [0.3, 0.4) is 0 Å². The fraction of sp³-hybridized carbons (Fsp3) is 0.462. The molecular formula is C26H36O5Si. The molecule has 0 radical (unpaired) electrons. The summed E-state index contributed by atoms with van der Waals surface area (Å²) >= 11 is 0. The summed E-state index contributed by atoms with van der Waals surface area (Å²) in [7, 11) is -2.99. The van der Waals surface area contributed by atoms with Gasteiger partial charge in [-0.15, -0.1) is 6.58 Å². The molecule has 6 heteroatoms. The molecule has 1 aliphatic rings. The van der Waals surface area contributed by atoms with Gasteiger partial charge in [-0.25, -0.2) is 0 Å². The maximum atomic E-state index is 11.0. The van der Waals surface area contributed by atoms with Gasteiger partial charge in [0, 0.05) is 0 Å². The van der Waals surface area contributed by atoms with Gasteiger partial charge in [0.15, 0.2) is 5.79 Å². The lowest BCUT2D eigenvalue weighted by Gasteiger charge is -2.47. The number of benzene rings is 2. The number of ether oxygens (including phenoxy) is 2. The van der Waals surface area contributed by atoms with E-state index in [1.807, 2.05) is 50.2 Å². The average molecular weight is 457 g/mol. The molecule has 0 saturated carbocycles. The van der Waals surface area contributed by atoms with E-state index in [1.165, 1.54) is 0 Å². The topological polar surface area (TPSA) is 68.2 Å². The fourth-order valence-corrected chi connectivity index (χ4v) is 9.33. The first-order chi connectivity index (χ1) is 15.1. The maximum Gasteiger partial charge on any atom is 0.261 e. The van der Waals surface area contributed by atoms with Crippen molar-refractivity contribution in [1.82, 2.24) is 0 Å². The lowest BCUT2D eigenvalue weighted by Crippen LogP contribution is -2.70. The predicted molar refractivity (Wildman–Crippen MR) is 130 cm³/mol. The van der Waals surface area contributed by atoms with Crippen molar-refractivity contribution in [2.45, 2.75) is 69.9 Å². The number of aliphatic hydroxyl groups excluding tert-OH is 2. The highest BCUT2D eigenvalue weighted by Crippen LogP contribution is 2.40. The van der Waals surface area contributed by atoms with Crippen LogP contribution in [-0.2, 0) is 13.9 Å². The summed E-state index contributed by atoms with van der Waals surface area (Å²) < 4.78 is 19.3. The minimum absolute atomic E-state index is 0.290. The van der Waals surface area contributed by atoms with Crippen LogP contribution in [-0.4, -0.2) is 55.3 Å². The normalized spacial score (nSPS) is 23.0. The van der Waals surface area contributed by atoms with E-state index in [2.05, 4.69) is 51.6 Å². The molecule has 1 aliphatic heterocycles. The highest BCUT2D eigenvalue weighted by molar-refractivity contribution is 6.99. The fourth-order valence-electron chi connectivity index (χ4n) is 4.62. The summed E-state index contributed by atoms with van der Waals surface area (Å²) in [6, 6.07) is 20.4. The SMILES string of the molecule is C=C[C@H]1OC(C)(C)O[C@H]1[C@H](O[Si](c1ccccc1)(c1ccccc1)C(C)(C)C)C(O)CO. The van der Waals surface area contributed by atoms with Gasteiger partial charge in [0.1, 0.15) is 24.4 Å². The van der Waals surface area contributed by atoms with E-state index in [4.69, 9.17) is 13.9 Å². The van der Waals surface area contributed by atoms with Crippen molar-refractivity contribution in [3.8, 4) is 0 Å². The second-order valence-corrected chi connectivity index (χ2v) is 14.0. The molecule has 2 N–H and O–H groups in total. The predicted octanol–water partition coefficient (Wildman–Crippen LogP) is 2.99. The van der Waals surface area contributed by atoms with Gasteiger partial charge in [0.25, 0.3) is 8.32 Å². The third-order valence-corrected chi connectivity index (χ3v) is 11.0. The molecule has 2 aromatic carbocycles. The third kappa shape index (κ3) is 4.76. The Kier molecular flexibility index (Phi) is 7.44. The van der Waals surface area contributed by atoms with E-state index < -0.39 is 45.1 Å². The van der Waals surface area contributed by atoms with Gasteiger partial charge in [0.05, 0.1) is 6.61 Å². The quantitative estimate of drug-likeness (QED) is 0.472. The summed E-state index contributed by atoms with van der Waals surface area (Å²) in [5.74, 6) is -0.855. The largest absolute Gasteiger partial charge is 0.399 e. The molecule has 0 bridgehead atoms. The Morgan fingerprint density at radius 1 is 1.03 bits per heavy atom. The van der Waals surface area contributed by atoms with Crippen molar-refractivity contribution >= 4 is 18.7 Å². The van der Waals surface area contributed by atoms with Gasteiger partial charge in [0.2, 0.25) is 0 Å². The van der Waals surface area contributed by atoms with Crippen LogP contribution in [0.1, 0.15) is 34.6 Å². The van der Waals surface area contributed by atoms with E-state index in [-0.39, 0.29) is 5.04 Å². The zero-order chi connectivity index (χ0) is 23.6. The highest BCUT2D eigenvalue weighted by atomic mass is 28.4. The van der Waals surface area contributed by atoms with Crippen molar-refractivity contribution in [2.75, 3.05) is 6.61 Å². The maximum absolute atomic E-state index is 11.0. The smallest absolute Gasteiger partial charge is 0.261 e. The van der Waals surface area contributed by atoms with Crippen LogP contribution in [0.2, 0.25) is 5.04 Å². The molecule has 1 heterocycles. The van der Waals surface area contributed by atoms with Crippen molar-refractivity contribution < 1.29 is 24.1 Å². The minimum Gasteiger partial charge on any atom is -0.399 e. The second-order valence-electron chi connectivity index (χ2n) is 9.80. The molecule has 1 unspecified atom stereocenters. The molecule has 2 aromatic rings. The van der Waals surface area contributed by atoms with Gasteiger partial charge >= 0.3 is 0 Å². The van der Waals surface area contributed by atoms with Crippen LogP contribution in [0.15, 0.2) is 73.3 Å². The van der Waals surface area contributed by atoms with E-state index in [1.54, 1.807) is 6.08 Å². The first kappa shape index (κ1) is 24.8. The number of hydrogen-bond donors (Lipinski definition) is 2. The van der Waals surface area contributed by atoms with E-state index in [9.17, 15) is 10.2 Å². The van der Waals surface area contributed by atoms with Crippen molar-refractivity contribution in [3.05, 3.63) is 73.3 Å². The van der Waals surface area contributed by atoms with Gasteiger partial charge in [-0.05, 0) is 29.3 Å². The molecule has 1 saturated heterocycles. The molecule has 32 heavy (non-hydrogen) atoms. The zero-order valence-electron chi connectivity index (χ0n) is 19.7. The van der Waals surface area contributed by atoms with Crippen molar-refractivity contribution in [2.24, 2.45) is 0 Å². The molecule has 4 atom stereocenters. The lowest BCUT2D eigenvalue weighted by atomic mass is 10.0. The van der Waals surface area contributed by atoms with E-state index in [0.717, 1.165) is 10.4 Å². The average Bonchev–Trinajstić information content (AvgIpc) is 3.08. The summed E-state index contributed by atoms with van der Waals surface area (Å²) in [6.45, 7) is 13.6. The Balaban J connectivity index is 2.20. The van der Waals surface area contributed by atoms with Crippen LogP contribution in [0.25, 0.3) is 0 Å². The molecule has 0 aliphatic carbocycles. The Labute approximate surface area is 192 Å². The monoisotopic (exact) mass is 456 g/mol. The van der Waals surface area contributed by atoms with Gasteiger partial charge in [-0.2, -0.15) is 0 Å². The molecule has 174 valence electrons.